The molecule has 0 heterocycles. The van der Waals surface area contributed by atoms with Crippen LogP contribution in [0.2, 0.25) is 0 Å². The van der Waals surface area contributed by atoms with Gasteiger partial charge in [0.15, 0.2) is 0 Å². The molecule has 0 aliphatic heterocycles. The van der Waals surface area contributed by atoms with Gasteiger partial charge in [-0.15, -0.1) is 0 Å². The molecule has 0 bridgehead atoms. The van der Waals surface area contributed by atoms with Crippen molar-refractivity contribution in [1.82, 2.24) is 0 Å². The molecule has 0 spiro atoms. The standard InChI is InChI=1S/C30H50O2/c1-25(2)17-20-19-9-10-22-28(6)13-12-23(31)26(3,4)21(28)11-14-30(22,8)29(19,7)16-15-27(20,5)24(32)18-25/h9,20-24,31-32H,10-18H2,1-8H3/t20-,21-,22+,23-,24+,27+,28-,29+,30?/m0/s1. The second kappa shape index (κ2) is 6.66. The van der Waals surface area contributed by atoms with Crippen molar-refractivity contribution in [2.24, 2.45) is 50.2 Å². The minimum absolute atomic E-state index is 0.0157. The third-order valence-corrected chi connectivity index (χ3v) is 13.1. The number of hydrogen-bond acceptors (Lipinski definition) is 2. The molecule has 4 saturated carbocycles. The lowest BCUT2D eigenvalue weighted by Gasteiger charge is -2.71. The molecule has 5 aliphatic rings. The fourth-order valence-corrected chi connectivity index (χ4v) is 10.7. The summed E-state index contributed by atoms with van der Waals surface area (Å²) in [6.45, 7) is 19.7. The zero-order valence-corrected chi connectivity index (χ0v) is 22.2. The maximum Gasteiger partial charge on any atom is 0.0604 e. The third kappa shape index (κ3) is 2.72. The highest BCUT2D eigenvalue weighted by Gasteiger charge is 2.68. The molecule has 5 aliphatic carbocycles. The average molecular weight is 443 g/mol. The van der Waals surface area contributed by atoms with E-state index in [0.717, 1.165) is 19.3 Å². The molecule has 0 aromatic heterocycles. The Morgan fingerprint density at radius 3 is 2.09 bits per heavy atom. The fraction of sp³-hybridized carbons (Fsp3) is 0.933. The zero-order chi connectivity index (χ0) is 23.5. The van der Waals surface area contributed by atoms with Gasteiger partial charge in [0.2, 0.25) is 0 Å². The molecular weight excluding hydrogens is 392 g/mol. The van der Waals surface area contributed by atoms with Gasteiger partial charge in [-0.2, -0.15) is 0 Å². The molecule has 4 fully saturated rings. The van der Waals surface area contributed by atoms with Crippen molar-refractivity contribution in [3.63, 3.8) is 0 Å². The maximum atomic E-state index is 11.3. The van der Waals surface area contributed by atoms with E-state index in [1.165, 1.54) is 38.5 Å². The van der Waals surface area contributed by atoms with E-state index >= 15 is 0 Å². The third-order valence-electron chi connectivity index (χ3n) is 13.1. The van der Waals surface area contributed by atoms with Crippen molar-refractivity contribution in [3.05, 3.63) is 11.6 Å². The average Bonchev–Trinajstić information content (AvgIpc) is 2.67. The molecule has 0 aromatic carbocycles. The maximum absolute atomic E-state index is 11.3. The van der Waals surface area contributed by atoms with Gasteiger partial charge in [0.05, 0.1) is 12.2 Å². The van der Waals surface area contributed by atoms with Crippen LogP contribution in [0.1, 0.15) is 113 Å². The molecule has 182 valence electrons. The summed E-state index contributed by atoms with van der Waals surface area (Å²) in [5.74, 6) is 1.83. The first-order valence-electron chi connectivity index (χ1n) is 13.7. The van der Waals surface area contributed by atoms with Gasteiger partial charge in [-0.3, -0.25) is 0 Å². The quantitative estimate of drug-likeness (QED) is 0.391. The summed E-state index contributed by atoms with van der Waals surface area (Å²) in [6, 6.07) is 0. The SMILES string of the molecule is CC1(C)C[C@@H](O)[C@]2(C)CC[C@]3(C)C(=CC[C@H]4C3(C)CC[C@H]3C(C)(C)[C@@H](O)CC[C@@]34C)[C@@H]2C1. The second-order valence-corrected chi connectivity index (χ2v) is 15.3. The predicted octanol–water partition coefficient (Wildman–Crippen LogP) is 7.14. The van der Waals surface area contributed by atoms with Crippen LogP contribution in [0.3, 0.4) is 0 Å². The van der Waals surface area contributed by atoms with E-state index < -0.39 is 0 Å². The van der Waals surface area contributed by atoms with Gasteiger partial charge in [0.25, 0.3) is 0 Å². The highest BCUT2D eigenvalue weighted by molar-refractivity contribution is 5.34. The Bertz CT molecular complexity index is 825. The van der Waals surface area contributed by atoms with E-state index in [1.54, 1.807) is 5.57 Å². The molecule has 2 N–H and O–H groups in total. The van der Waals surface area contributed by atoms with E-state index in [9.17, 15) is 10.2 Å². The van der Waals surface area contributed by atoms with Crippen LogP contribution in [0.5, 0.6) is 0 Å². The Labute approximate surface area is 197 Å². The lowest BCUT2D eigenvalue weighted by atomic mass is 9.33. The van der Waals surface area contributed by atoms with Gasteiger partial charge in [0, 0.05) is 5.41 Å². The first-order valence-corrected chi connectivity index (χ1v) is 13.7. The summed E-state index contributed by atoms with van der Waals surface area (Å²) in [4.78, 5) is 0. The van der Waals surface area contributed by atoms with Crippen molar-refractivity contribution < 1.29 is 10.2 Å². The topological polar surface area (TPSA) is 40.5 Å². The molecule has 5 rings (SSSR count). The Morgan fingerprint density at radius 2 is 1.41 bits per heavy atom. The molecule has 32 heavy (non-hydrogen) atoms. The number of aliphatic hydroxyl groups excluding tert-OH is 2. The van der Waals surface area contributed by atoms with Crippen LogP contribution < -0.4 is 0 Å². The molecule has 1 unspecified atom stereocenters. The molecule has 2 nitrogen and oxygen atoms in total. The minimum Gasteiger partial charge on any atom is -0.393 e. The summed E-state index contributed by atoms with van der Waals surface area (Å²) in [7, 11) is 0. The van der Waals surface area contributed by atoms with E-state index in [1.807, 2.05) is 0 Å². The Morgan fingerprint density at radius 1 is 0.719 bits per heavy atom. The second-order valence-electron chi connectivity index (χ2n) is 15.3. The van der Waals surface area contributed by atoms with Crippen LogP contribution in [-0.4, -0.2) is 22.4 Å². The number of aliphatic hydroxyl groups is 2. The molecule has 2 heteroatoms. The van der Waals surface area contributed by atoms with Gasteiger partial charge >= 0.3 is 0 Å². The van der Waals surface area contributed by atoms with Crippen molar-refractivity contribution in [2.45, 2.75) is 125 Å². The van der Waals surface area contributed by atoms with Crippen molar-refractivity contribution in [2.75, 3.05) is 0 Å². The number of hydrogen-bond donors (Lipinski definition) is 2. The monoisotopic (exact) mass is 442 g/mol. The van der Waals surface area contributed by atoms with Crippen LogP contribution in [0, 0.1) is 50.2 Å². The van der Waals surface area contributed by atoms with Gasteiger partial charge in [-0.25, -0.2) is 0 Å². The van der Waals surface area contributed by atoms with Crippen LogP contribution in [-0.2, 0) is 0 Å². The van der Waals surface area contributed by atoms with Gasteiger partial charge in [-0.05, 0) is 103 Å². The van der Waals surface area contributed by atoms with Crippen LogP contribution in [0.4, 0.5) is 0 Å². The highest BCUT2D eigenvalue weighted by atomic mass is 16.3. The minimum atomic E-state index is -0.180. The van der Waals surface area contributed by atoms with Crippen molar-refractivity contribution in [1.29, 1.82) is 0 Å². The molecule has 0 saturated heterocycles. The predicted molar refractivity (Wildman–Crippen MR) is 132 cm³/mol. The Kier molecular flexibility index (Phi) is 4.87. The number of rotatable bonds is 0. The van der Waals surface area contributed by atoms with E-state index in [2.05, 4.69) is 61.5 Å². The first-order chi connectivity index (χ1) is 14.6. The summed E-state index contributed by atoms with van der Waals surface area (Å²) in [5, 5.41) is 22.2. The summed E-state index contributed by atoms with van der Waals surface area (Å²) < 4.78 is 0. The van der Waals surface area contributed by atoms with Gasteiger partial charge in [0.1, 0.15) is 0 Å². The smallest absolute Gasteiger partial charge is 0.0604 e. The van der Waals surface area contributed by atoms with E-state index in [4.69, 9.17) is 0 Å². The molecular formula is C30H50O2. The largest absolute Gasteiger partial charge is 0.393 e. The summed E-state index contributed by atoms with van der Waals surface area (Å²) >= 11 is 0. The van der Waals surface area contributed by atoms with Crippen LogP contribution >= 0.6 is 0 Å². The number of fused-ring (bicyclic) bond motifs is 7. The Balaban J connectivity index is 1.58. The first kappa shape index (κ1) is 23.4. The van der Waals surface area contributed by atoms with Crippen molar-refractivity contribution >= 4 is 0 Å². The zero-order valence-electron chi connectivity index (χ0n) is 22.2. The van der Waals surface area contributed by atoms with Gasteiger partial charge < -0.3 is 10.2 Å². The van der Waals surface area contributed by atoms with Crippen molar-refractivity contribution in [3.8, 4) is 0 Å². The van der Waals surface area contributed by atoms with Gasteiger partial charge in [-0.1, -0.05) is 67.0 Å². The fourth-order valence-electron chi connectivity index (χ4n) is 10.7. The lowest BCUT2D eigenvalue weighted by molar-refractivity contribution is -0.207. The summed E-state index contributed by atoms with van der Waals surface area (Å²) in [5.41, 5.74) is 2.86. The van der Waals surface area contributed by atoms with Crippen LogP contribution in [0.25, 0.3) is 0 Å². The normalized spacial score (nSPS) is 56.2. The molecule has 9 atom stereocenters. The van der Waals surface area contributed by atoms with E-state index in [-0.39, 0.29) is 33.9 Å². The molecule has 0 aromatic rings. The molecule has 0 amide bonds. The van der Waals surface area contributed by atoms with E-state index in [0.29, 0.717) is 28.6 Å². The lowest BCUT2D eigenvalue weighted by Crippen LogP contribution is -2.65. The number of allylic oxidation sites excluding steroid dienone is 2. The van der Waals surface area contributed by atoms with Crippen LogP contribution in [0.15, 0.2) is 11.6 Å². The highest BCUT2D eigenvalue weighted by Crippen LogP contribution is 2.75. The molecule has 0 radical (unpaired) electrons. The Hall–Kier alpha value is -0.340. The summed E-state index contributed by atoms with van der Waals surface area (Å²) in [6.07, 6.45) is 12.8.